The molecule has 0 saturated carbocycles. The van der Waals surface area contributed by atoms with E-state index in [9.17, 15) is 0 Å². The van der Waals surface area contributed by atoms with E-state index < -0.39 is 0 Å². The molecule has 0 spiro atoms. The van der Waals surface area contributed by atoms with Crippen molar-refractivity contribution < 1.29 is 4.74 Å². The Morgan fingerprint density at radius 2 is 2.06 bits per heavy atom. The van der Waals surface area contributed by atoms with Crippen LogP contribution >= 0.6 is 0 Å². The van der Waals surface area contributed by atoms with Crippen LogP contribution < -0.4 is 10.5 Å². The molecule has 1 aromatic carbocycles. The van der Waals surface area contributed by atoms with Gasteiger partial charge in [-0.2, -0.15) is 0 Å². The van der Waals surface area contributed by atoms with Crippen LogP contribution in [0.5, 0.6) is 5.75 Å². The normalized spacial score (nSPS) is 10.4. The van der Waals surface area contributed by atoms with Gasteiger partial charge in [0.15, 0.2) is 0 Å². The Labute approximate surface area is 94.7 Å². The number of aromatic nitrogens is 2. The molecule has 4 nitrogen and oxygen atoms in total. The van der Waals surface area contributed by atoms with Crippen molar-refractivity contribution in [3.8, 4) is 17.1 Å². The fourth-order valence-corrected chi connectivity index (χ4v) is 1.63. The molecule has 1 aromatic heterocycles. The van der Waals surface area contributed by atoms with Gasteiger partial charge in [0.1, 0.15) is 11.6 Å². The molecule has 0 unspecified atom stereocenters. The Bertz CT molecular complexity index is 448. The first kappa shape index (κ1) is 10.7. The fourth-order valence-electron chi connectivity index (χ4n) is 1.63. The maximum atomic E-state index is 5.54. The Morgan fingerprint density at radius 3 is 2.69 bits per heavy atom. The number of nitrogens with two attached hydrogens (primary N) is 1. The van der Waals surface area contributed by atoms with Crippen LogP contribution in [0.15, 0.2) is 36.7 Å². The third kappa shape index (κ3) is 2.06. The topological polar surface area (TPSA) is 53.1 Å². The lowest BCUT2D eigenvalue weighted by atomic mass is 10.2. The van der Waals surface area contributed by atoms with Crippen molar-refractivity contribution in [3.63, 3.8) is 0 Å². The van der Waals surface area contributed by atoms with E-state index in [1.165, 1.54) is 0 Å². The SMILES string of the molecule is COc1ccc(-c2nccn2CCN)cc1. The molecule has 2 rings (SSSR count). The van der Waals surface area contributed by atoms with E-state index in [1.807, 2.05) is 35.0 Å². The summed E-state index contributed by atoms with van der Waals surface area (Å²) in [6.07, 6.45) is 3.72. The molecule has 1 heterocycles. The van der Waals surface area contributed by atoms with Crippen molar-refractivity contribution in [3.05, 3.63) is 36.7 Å². The minimum atomic E-state index is 0.611. The molecular weight excluding hydrogens is 202 g/mol. The lowest BCUT2D eigenvalue weighted by Gasteiger charge is -2.06. The van der Waals surface area contributed by atoms with Gasteiger partial charge in [0.25, 0.3) is 0 Å². The quantitative estimate of drug-likeness (QED) is 0.844. The molecule has 16 heavy (non-hydrogen) atoms. The van der Waals surface area contributed by atoms with Crippen molar-refractivity contribution >= 4 is 0 Å². The number of hydrogen-bond acceptors (Lipinski definition) is 3. The standard InChI is InChI=1S/C12H15N3O/c1-16-11-4-2-10(3-5-11)12-14-7-9-15(12)8-6-13/h2-5,7,9H,6,8,13H2,1H3. The van der Waals surface area contributed by atoms with E-state index >= 15 is 0 Å². The van der Waals surface area contributed by atoms with Crippen molar-refractivity contribution in [2.45, 2.75) is 6.54 Å². The van der Waals surface area contributed by atoms with Gasteiger partial charge in [0.05, 0.1) is 7.11 Å². The Hall–Kier alpha value is -1.81. The van der Waals surface area contributed by atoms with Crippen LogP contribution in [-0.4, -0.2) is 23.2 Å². The number of methoxy groups -OCH3 is 1. The zero-order valence-corrected chi connectivity index (χ0v) is 9.26. The van der Waals surface area contributed by atoms with Crippen LogP contribution in [0.25, 0.3) is 11.4 Å². The molecule has 0 atom stereocenters. The van der Waals surface area contributed by atoms with Crippen LogP contribution in [0, 0.1) is 0 Å². The summed E-state index contributed by atoms with van der Waals surface area (Å²) in [6, 6.07) is 7.84. The van der Waals surface area contributed by atoms with E-state index in [4.69, 9.17) is 10.5 Å². The number of benzene rings is 1. The first-order valence-electron chi connectivity index (χ1n) is 5.21. The van der Waals surface area contributed by atoms with Crippen molar-refractivity contribution in [2.24, 2.45) is 5.73 Å². The lowest BCUT2D eigenvalue weighted by molar-refractivity contribution is 0.415. The van der Waals surface area contributed by atoms with E-state index in [-0.39, 0.29) is 0 Å². The van der Waals surface area contributed by atoms with Crippen LogP contribution in [0.1, 0.15) is 0 Å². The molecule has 0 fully saturated rings. The fraction of sp³-hybridized carbons (Fsp3) is 0.250. The Balaban J connectivity index is 2.31. The third-order valence-electron chi connectivity index (χ3n) is 2.43. The summed E-state index contributed by atoms with van der Waals surface area (Å²) in [6.45, 7) is 1.39. The highest BCUT2D eigenvalue weighted by Gasteiger charge is 2.04. The summed E-state index contributed by atoms with van der Waals surface area (Å²) in [5.74, 6) is 1.79. The molecule has 0 aliphatic carbocycles. The van der Waals surface area contributed by atoms with E-state index in [1.54, 1.807) is 13.3 Å². The molecule has 0 amide bonds. The summed E-state index contributed by atoms with van der Waals surface area (Å²) in [4.78, 5) is 4.33. The predicted octanol–water partition coefficient (Wildman–Crippen LogP) is 1.52. The summed E-state index contributed by atoms with van der Waals surface area (Å²) in [5.41, 5.74) is 6.61. The second-order valence-electron chi connectivity index (χ2n) is 3.46. The molecule has 2 aromatic rings. The average Bonchev–Trinajstić information content (AvgIpc) is 2.78. The molecular formula is C12H15N3O. The highest BCUT2D eigenvalue weighted by Crippen LogP contribution is 2.20. The lowest BCUT2D eigenvalue weighted by Crippen LogP contribution is -2.10. The number of rotatable bonds is 4. The van der Waals surface area contributed by atoms with Gasteiger partial charge in [-0.15, -0.1) is 0 Å². The van der Waals surface area contributed by atoms with Crippen LogP contribution in [0.4, 0.5) is 0 Å². The molecule has 0 aliphatic rings. The first-order valence-corrected chi connectivity index (χ1v) is 5.21. The minimum Gasteiger partial charge on any atom is -0.497 e. The minimum absolute atomic E-state index is 0.611. The molecule has 84 valence electrons. The summed E-state index contributed by atoms with van der Waals surface area (Å²) < 4.78 is 7.16. The second-order valence-corrected chi connectivity index (χ2v) is 3.46. The smallest absolute Gasteiger partial charge is 0.139 e. The number of ether oxygens (including phenoxy) is 1. The van der Waals surface area contributed by atoms with Crippen molar-refractivity contribution in [1.29, 1.82) is 0 Å². The van der Waals surface area contributed by atoms with Crippen LogP contribution in [0.2, 0.25) is 0 Å². The van der Waals surface area contributed by atoms with Gasteiger partial charge in [0.2, 0.25) is 0 Å². The molecule has 0 saturated heterocycles. The van der Waals surface area contributed by atoms with E-state index in [0.29, 0.717) is 6.54 Å². The van der Waals surface area contributed by atoms with Gasteiger partial charge in [-0.05, 0) is 24.3 Å². The highest BCUT2D eigenvalue weighted by molar-refractivity contribution is 5.56. The van der Waals surface area contributed by atoms with E-state index in [2.05, 4.69) is 4.98 Å². The van der Waals surface area contributed by atoms with E-state index in [0.717, 1.165) is 23.7 Å². The molecule has 0 bridgehead atoms. The molecule has 0 aliphatic heterocycles. The zero-order chi connectivity index (χ0) is 11.4. The largest absolute Gasteiger partial charge is 0.497 e. The van der Waals surface area contributed by atoms with Gasteiger partial charge in [-0.25, -0.2) is 4.98 Å². The van der Waals surface area contributed by atoms with Crippen LogP contribution in [0.3, 0.4) is 0 Å². The summed E-state index contributed by atoms with van der Waals surface area (Å²) in [5, 5.41) is 0. The molecule has 0 radical (unpaired) electrons. The number of hydrogen-bond donors (Lipinski definition) is 1. The first-order chi connectivity index (χ1) is 7.85. The summed E-state index contributed by atoms with van der Waals surface area (Å²) in [7, 11) is 1.66. The third-order valence-corrected chi connectivity index (χ3v) is 2.43. The van der Waals surface area contributed by atoms with Crippen molar-refractivity contribution in [1.82, 2.24) is 9.55 Å². The highest BCUT2D eigenvalue weighted by atomic mass is 16.5. The average molecular weight is 217 g/mol. The van der Waals surface area contributed by atoms with Gasteiger partial charge in [0, 0.05) is 31.0 Å². The maximum Gasteiger partial charge on any atom is 0.139 e. The zero-order valence-electron chi connectivity index (χ0n) is 9.26. The van der Waals surface area contributed by atoms with Gasteiger partial charge in [-0.1, -0.05) is 0 Å². The molecule has 4 heteroatoms. The van der Waals surface area contributed by atoms with Gasteiger partial charge in [-0.3, -0.25) is 0 Å². The molecule has 2 N–H and O–H groups in total. The maximum absolute atomic E-state index is 5.54. The van der Waals surface area contributed by atoms with Crippen molar-refractivity contribution in [2.75, 3.05) is 13.7 Å². The second kappa shape index (κ2) is 4.81. The predicted molar refractivity (Wildman–Crippen MR) is 63.3 cm³/mol. The van der Waals surface area contributed by atoms with Gasteiger partial charge < -0.3 is 15.0 Å². The monoisotopic (exact) mass is 217 g/mol. The van der Waals surface area contributed by atoms with Crippen LogP contribution in [-0.2, 0) is 6.54 Å². The number of nitrogens with zero attached hydrogens (tertiary/aromatic N) is 2. The Morgan fingerprint density at radius 1 is 1.31 bits per heavy atom. The Kier molecular flexibility index (Phi) is 3.22. The van der Waals surface area contributed by atoms with Gasteiger partial charge >= 0.3 is 0 Å². The number of imidazole rings is 1. The summed E-state index contributed by atoms with van der Waals surface area (Å²) >= 11 is 0.